The van der Waals surface area contributed by atoms with Gasteiger partial charge in [0.15, 0.2) is 0 Å². The van der Waals surface area contributed by atoms with Crippen molar-refractivity contribution in [2.24, 2.45) is 0 Å². The van der Waals surface area contributed by atoms with Gasteiger partial charge < -0.3 is 14.5 Å². The van der Waals surface area contributed by atoms with Crippen molar-refractivity contribution in [3.63, 3.8) is 0 Å². The molecule has 0 aliphatic heterocycles. The Labute approximate surface area is 148 Å². The van der Waals surface area contributed by atoms with Crippen LogP contribution < -0.4 is 14.2 Å². The van der Waals surface area contributed by atoms with Crippen LogP contribution in [0.25, 0.3) is 11.0 Å². The van der Waals surface area contributed by atoms with Gasteiger partial charge in [0.05, 0.1) is 19.8 Å². The lowest BCUT2D eigenvalue weighted by molar-refractivity contribution is 0.367. The number of hydrogen-bond donors (Lipinski definition) is 2. The Morgan fingerprint density at radius 3 is 2.36 bits per heavy atom. The fourth-order valence-electron chi connectivity index (χ4n) is 2.27. The van der Waals surface area contributed by atoms with Gasteiger partial charge in [-0.2, -0.15) is 9.97 Å². The summed E-state index contributed by atoms with van der Waals surface area (Å²) in [6.07, 6.45) is 1.32. The van der Waals surface area contributed by atoms with E-state index in [2.05, 4.69) is 24.7 Å². The molecule has 25 heavy (non-hydrogen) atoms. The van der Waals surface area contributed by atoms with Crippen LogP contribution in [-0.2, 0) is 10.0 Å². The second-order valence-electron chi connectivity index (χ2n) is 4.98. The number of anilines is 1. The van der Waals surface area contributed by atoms with E-state index in [-0.39, 0.29) is 27.8 Å². The molecule has 0 saturated carbocycles. The van der Waals surface area contributed by atoms with Crippen molar-refractivity contribution < 1.29 is 17.9 Å². The van der Waals surface area contributed by atoms with E-state index in [1.807, 2.05) is 0 Å². The number of aromatic nitrogens is 4. The molecule has 3 aromatic rings. The van der Waals surface area contributed by atoms with Crippen molar-refractivity contribution in [1.29, 1.82) is 0 Å². The van der Waals surface area contributed by atoms with E-state index in [0.717, 1.165) is 0 Å². The number of H-pyrrole nitrogens is 1. The van der Waals surface area contributed by atoms with Crippen molar-refractivity contribution in [2.45, 2.75) is 11.8 Å². The van der Waals surface area contributed by atoms with Gasteiger partial charge in [0, 0.05) is 11.6 Å². The maximum absolute atomic E-state index is 12.7. The molecular weight excluding hydrogens is 370 g/mol. The van der Waals surface area contributed by atoms with Gasteiger partial charge in [0.1, 0.15) is 15.7 Å². The smallest absolute Gasteiger partial charge is 0.266 e. The zero-order chi connectivity index (χ0) is 18.2. The predicted octanol–water partition coefficient (Wildman–Crippen LogP) is 2.13. The monoisotopic (exact) mass is 383 g/mol. The van der Waals surface area contributed by atoms with Gasteiger partial charge in [-0.15, -0.1) is 0 Å². The van der Waals surface area contributed by atoms with E-state index in [1.54, 1.807) is 13.0 Å². The number of hydrogen-bond acceptors (Lipinski definition) is 7. The summed E-state index contributed by atoms with van der Waals surface area (Å²) in [6.45, 7) is 1.70. The molecule has 132 valence electrons. The lowest BCUT2D eigenvalue weighted by Crippen LogP contribution is -2.15. The molecule has 3 aromatic heterocycles. The standard InChI is InChI=1S/C14H14ClN5O4S/c1-7-12(23-2)18-14(19-13(7)24-3)20-25(21,22)9-6-16-11-8(9)4-5-10(15)17-11/h4-6H,1-3H3,(H,16,17)(H,18,19,20). The van der Waals surface area contributed by atoms with Crippen LogP contribution in [0.5, 0.6) is 11.8 Å². The highest BCUT2D eigenvalue weighted by Gasteiger charge is 2.22. The van der Waals surface area contributed by atoms with E-state index in [1.165, 1.54) is 26.5 Å². The molecule has 9 nitrogen and oxygen atoms in total. The van der Waals surface area contributed by atoms with E-state index >= 15 is 0 Å². The third kappa shape index (κ3) is 3.17. The highest BCUT2D eigenvalue weighted by atomic mass is 35.5. The molecule has 0 amide bonds. The summed E-state index contributed by atoms with van der Waals surface area (Å²) in [5, 5.41) is 0.644. The van der Waals surface area contributed by atoms with E-state index < -0.39 is 10.0 Å². The Kier molecular flexibility index (Phi) is 4.39. The third-order valence-corrected chi connectivity index (χ3v) is 5.00. The Bertz CT molecular complexity index is 1030. The lowest BCUT2D eigenvalue weighted by Gasteiger charge is -2.11. The largest absolute Gasteiger partial charge is 0.481 e. The molecule has 3 rings (SSSR count). The number of sulfonamides is 1. The molecule has 11 heteroatoms. The quantitative estimate of drug-likeness (QED) is 0.647. The zero-order valence-corrected chi connectivity index (χ0v) is 15.1. The molecule has 0 aliphatic rings. The summed E-state index contributed by atoms with van der Waals surface area (Å²) >= 11 is 5.81. The number of rotatable bonds is 5. The van der Waals surface area contributed by atoms with E-state index in [0.29, 0.717) is 16.6 Å². The van der Waals surface area contributed by atoms with Gasteiger partial charge in [-0.05, 0) is 19.1 Å². The number of aromatic amines is 1. The summed E-state index contributed by atoms with van der Waals surface area (Å²) in [4.78, 5) is 14.9. The number of nitrogens with zero attached hydrogens (tertiary/aromatic N) is 3. The molecule has 0 spiro atoms. The average Bonchev–Trinajstić information content (AvgIpc) is 2.99. The average molecular weight is 384 g/mol. The molecule has 0 aliphatic carbocycles. The molecule has 0 fully saturated rings. The minimum absolute atomic E-state index is 0.00576. The number of fused-ring (bicyclic) bond motifs is 1. The zero-order valence-electron chi connectivity index (χ0n) is 13.5. The highest BCUT2D eigenvalue weighted by molar-refractivity contribution is 7.93. The first kappa shape index (κ1) is 17.2. The van der Waals surface area contributed by atoms with Gasteiger partial charge in [-0.1, -0.05) is 11.6 Å². The molecular formula is C14H14ClN5O4S. The molecule has 0 atom stereocenters. The Hall–Kier alpha value is -2.59. The molecule has 3 heterocycles. The first-order chi connectivity index (χ1) is 11.9. The second-order valence-corrected chi connectivity index (χ2v) is 7.02. The molecule has 0 bridgehead atoms. The molecule has 0 unspecified atom stereocenters. The van der Waals surface area contributed by atoms with Crippen LogP contribution in [0.3, 0.4) is 0 Å². The first-order valence-electron chi connectivity index (χ1n) is 6.98. The number of methoxy groups -OCH3 is 2. The lowest BCUT2D eigenvalue weighted by atomic mass is 10.3. The first-order valence-corrected chi connectivity index (χ1v) is 8.85. The van der Waals surface area contributed by atoms with Gasteiger partial charge in [-0.25, -0.2) is 18.1 Å². The van der Waals surface area contributed by atoms with Crippen LogP contribution in [0.4, 0.5) is 5.95 Å². The van der Waals surface area contributed by atoms with Crippen molar-refractivity contribution in [3.05, 3.63) is 29.0 Å². The Morgan fingerprint density at radius 2 is 1.76 bits per heavy atom. The van der Waals surface area contributed by atoms with Gasteiger partial charge in [-0.3, -0.25) is 0 Å². The van der Waals surface area contributed by atoms with Crippen molar-refractivity contribution in [2.75, 3.05) is 18.9 Å². The number of ether oxygens (including phenoxy) is 2. The molecule has 2 N–H and O–H groups in total. The molecule has 0 radical (unpaired) electrons. The van der Waals surface area contributed by atoms with Gasteiger partial charge in [0.2, 0.25) is 17.7 Å². The van der Waals surface area contributed by atoms with Crippen LogP contribution >= 0.6 is 11.6 Å². The summed E-state index contributed by atoms with van der Waals surface area (Å²) in [5.74, 6) is 0.240. The van der Waals surface area contributed by atoms with Crippen molar-refractivity contribution in [3.8, 4) is 11.8 Å². The summed E-state index contributed by atoms with van der Waals surface area (Å²) in [6, 6.07) is 3.07. The molecule has 0 saturated heterocycles. The van der Waals surface area contributed by atoms with Crippen molar-refractivity contribution in [1.82, 2.24) is 19.9 Å². The van der Waals surface area contributed by atoms with Crippen LogP contribution in [0.2, 0.25) is 5.15 Å². The summed E-state index contributed by atoms with van der Waals surface area (Å²) in [7, 11) is -1.14. The SMILES string of the molecule is COc1nc(NS(=O)(=O)c2c[nH]c3nc(Cl)ccc23)nc(OC)c1C. The number of pyridine rings is 1. The fourth-order valence-corrected chi connectivity index (χ4v) is 3.53. The summed E-state index contributed by atoms with van der Waals surface area (Å²) < 4.78 is 37.9. The van der Waals surface area contributed by atoms with E-state index in [4.69, 9.17) is 21.1 Å². The topological polar surface area (TPSA) is 119 Å². The Balaban J connectivity index is 2.04. The summed E-state index contributed by atoms with van der Waals surface area (Å²) in [5.41, 5.74) is 0.909. The Morgan fingerprint density at radius 1 is 1.12 bits per heavy atom. The maximum atomic E-state index is 12.7. The van der Waals surface area contributed by atoms with Crippen LogP contribution in [0, 0.1) is 6.92 Å². The molecule has 0 aromatic carbocycles. The third-order valence-electron chi connectivity index (χ3n) is 3.43. The van der Waals surface area contributed by atoms with Crippen LogP contribution in [0.15, 0.2) is 23.2 Å². The van der Waals surface area contributed by atoms with Gasteiger partial charge in [0.25, 0.3) is 10.0 Å². The van der Waals surface area contributed by atoms with Gasteiger partial charge >= 0.3 is 0 Å². The predicted molar refractivity (Wildman–Crippen MR) is 91.8 cm³/mol. The normalized spacial score (nSPS) is 11.5. The fraction of sp³-hybridized carbons (Fsp3) is 0.214. The number of nitrogens with one attached hydrogen (secondary N) is 2. The van der Waals surface area contributed by atoms with E-state index in [9.17, 15) is 8.42 Å². The number of halogens is 1. The van der Waals surface area contributed by atoms with Crippen LogP contribution in [0.1, 0.15) is 5.56 Å². The minimum atomic E-state index is -3.97. The second kappa shape index (κ2) is 6.37. The maximum Gasteiger partial charge on any atom is 0.266 e. The minimum Gasteiger partial charge on any atom is -0.481 e. The van der Waals surface area contributed by atoms with Crippen molar-refractivity contribution >= 4 is 38.6 Å². The van der Waals surface area contributed by atoms with Crippen LogP contribution in [-0.4, -0.2) is 42.6 Å². The highest BCUT2D eigenvalue weighted by Crippen LogP contribution is 2.28.